The van der Waals surface area contributed by atoms with E-state index in [1.807, 2.05) is 23.6 Å². The maximum Gasteiger partial charge on any atom is 0.321 e. The Bertz CT molecular complexity index is 971. The average Bonchev–Trinajstić information content (AvgIpc) is 3.48. The second-order valence-corrected chi connectivity index (χ2v) is 8.52. The molecule has 1 N–H and O–H groups in total. The average molecular weight is 399 g/mol. The van der Waals surface area contributed by atoms with Crippen molar-refractivity contribution in [3.8, 4) is 0 Å². The number of ether oxygens (including phenoxy) is 1. The van der Waals surface area contributed by atoms with Gasteiger partial charge in [0, 0.05) is 47.3 Å². The SMILES string of the molecule is CCOC(=O)C1(C(=O)N2C[C@@H]3C(NC(=O)c4cccc5nscc45)[C@@H]3C2)CC1. The lowest BCUT2D eigenvalue weighted by Crippen LogP contribution is -2.43. The molecule has 2 aromatic rings. The van der Waals surface area contributed by atoms with Gasteiger partial charge in [-0.1, -0.05) is 6.07 Å². The van der Waals surface area contributed by atoms with Crippen LogP contribution in [0.4, 0.5) is 0 Å². The Morgan fingerprint density at radius 1 is 1.29 bits per heavy atom. The van der Waals surface area contributed by atoms with E-state index in [4.69, 9.17) is 4.74 Å². The predicted octanol–water partition coefficient (Wildman–Crippen LogP) is 1.83. The molecule has 3 fully saturated rings. The van der Waals surface area contributed by atoms with Crippen LogP contribution in [0.15, 0.2) is 23.6 Å². The minimum atomic E-state index is -0.937. The quantitative estimate of drug-likeness (QED) is 0.612. The Morgan fingerprint density at radius 2 is 2.04 bits per heavy atom. The molecule has 5 rings (SSSR count). The Hall–Kier alpha value is -2.48. The van der Waals surface area contributed by atoms with Gasteiger partial charge in [-0.3, -0.25) is 14.4 Å². The summed E-state index contributed by atoms with van der Waals surface area (Å²) in [6, 6.07) is 5.65. The van der Waals surface area contributed by atoms with Crippen molar-refractivity contribution >= 4 is 40.2 Å². The topological polar surface area (TPSA) is 88.6 Å². The van der Waals surface area contributed by atoms with Crippen LogP contribution in [0.3, 0.4) is 0 Å². The van der Waals surface area contributed by atoms with E-state index in [0.29, 0.717) is 38.1 Å². The summed E-state index contributed by atoms with van der Waals surface area (Å²) in [5.41, 5.74) is 0.537. The first-order chi connectivity index (χ1) is 13.5. The number of hydrogen-bond donors (Lipinski definition) is 1. The number of carbonyl (C=O) groups excluding carboxylic acids is 3. The Kier molecular flexibility index (Phi) is 3.94. The molecule has 2 amide bonds. The summed E-state index contributed by atoms with van der Waals surface area (Å²) < 4.78 is 9.37. The largest absolute Gasteiger partial charge is 0.465 e. The molecule has 146 valence electrons. The molecule has 2 aliphatic carbocycles. The van der Waals surface area contributed by atoms with Crippen molar-refractivity contribution in [2.24, 2.45) is 17.3 Å². The molecular formula is C20H21N3O4S. The Morgan fingerprint density at radius 3 is 2.71 bits per heavy atom. The highest BCUT2D eigenvalue weighted by Gasteiger charge is 2.64. The van der Waals surface area contributed by atoms with E-state index in [1.54, 1.807) is 11.8 Å². The molecule has 3 atom stereocenters. The second kappa shape index (κ2) is 6.27. The molecule has 0 bridgehead atoms. The lowest BCUT2D eigenvalue weighted by molar-refractivity contribution is -0.157. The van der Waals surface area contributed by atoms with E-state index >= 15 is 0 Å². The van der Waals surface area contributed by atoms with Crippen LogP contribution in [0.25, 0.3) is 10.9 Å². The molecule has 1 aliphatic heterocycles. The highest BCUT2D eigenvalue weighted by Crippen LogP contribution is 2.52. The summed E-state index contributed by atoms with van der Waals surface area (Å²) in [5, 5.41) is 5.88. The Labute approximate surface area is 166 Å². The zero-order chi connectivity index (χ0) is 19.5. The number of esters is 1. The van der Waals surface area contributed by atoms with Gasteiger partial charge in [0.1, 0.15) is 5.41 Å². The van der Waals surface area contributed by atoms with E-state index in [-0.39, 0.29) is 35.7 Å². The maximum atomic E-state index is 12.8. The summed E-state index contributed by atoms with van der Waals surface area (Å²) in [5.74, 6) is -0.0371. The predicted molar refractivity (Wildman–Crippen MR) is 103 cm³/mol. The molecule has 0 spiro atoms. The maximum absolute atomic E-state index is 12.8. The van der Waals surface area contributed by atoms with Crippen LogP contribution in [0.2, 0.25) is 0 Å². The van der Waals surface area contributed by atoms with Crippen LogP contribution >= 0.6 is 11.5 Å². The Balaban J connectivity index is 1.21. The fraction of sp³-hybridized carbons (Fsp3) is 0.500. The third-order valence-electron chi connectivity index (χ3n) is 6.25. The molecule has 1 aromatic carbocycles. The number of carbonyl (C=O) groups is 3. The van der Waals surface area contributed by atoms with Crippen LogP contribution in [0.5, 0.6) is 0 Å². The van der Waals surface area contributed by atoms with Gasteiger partial charge in [-0.15, -0.1) is 0 Å². The van der Waals surface area contributed by atoms with Gasteiger partial charge in [-0.05, 0) is 43.4 Å². The highest BCUT2D eigenvalue weighted by atomic mass is 32.1. The van der Waals surface area contributed by atoms with E-state index in [1.165, 1.54) is 11.5 Å². The van der Waals surface area contributed by atoms with Crippen LogP contribution < -0.4 is 5.32 Å². The monoisotopic (exact) mass is 399 g/mol. The summed E-state index contributed by atoms with van der Waals surface area (Å²) in [6.07, 6.45) is 1.16. The van der Waals surface area contributed by atoms with Crippen LogP contribution in [-0.2, 0) is 14.3 Å². The zero-order valence-electron chi connectivity index (χ0n) is 15.5. The number of nitrogens with zero attached hydrogens (tertiary/aromatic N) is 2. The standard InChI is InChI=1S/C20H21N3O4S/c1-2-27-19(26)20(6-7-20)18(25)23-8-12-13(9-23)16(12)21-17(24)11-4-3-5-15-14(11)10-28-22-15/h3-5,10,12-13,16H,2,6-9H2,1H3,(H,21,24)/t12-,13+,16?. The van der Waals surface area contributed by atoms with Crippen LogP contribution in [0.1, 0.15) is 30.1 Å². The van der Waals surface area contributed by atoms with Gasteiger partial charge in [0.2, 0.25) is 5.91 Å². The molecule has 3 aliphatic rings. The third-order valence-corrected chi connectivity index (χ3v) is 6.90. The smallest absolute Gasteiger partial charge is 0.321 e. The van der Waals surface area contributed by atoms with Gasteiger partial charge in [0.05, 0.1) is 12.1 Å². The summed E-state index contributed by atoms with van der Waals surface area (Å²) in [4.78, 5) is 39.4. The summed E-state index contributed by atoms with van der Waals surface area (Å²) in [6.45, 7) is 3.24. The van der Waals surface area contributed by atoms with Gasteiger partial charge in [-0.2, -0.15) is 4.37 Å². The number of hydrogen-bond acceptors (Lipinski definition) is 6. The zero-order valence-corrected chi connectivity index (χ0v) is 16.3. The fourth-order valence-corrected chi connectivity index (χ4v) is 5.11. The van der Waals surface area contributed by atoms with Crippen molar-refractivity contribution in [1.29, 1.82) is 0 Å². The molecule has 2 saturated carbocycles. The molecule has 0 radical (unpaired) electrons. The highest BCUT2D eigenvalue weighted by molar-refractivity contribution is 7.04. The molecular weight excluding hydrogens is 378 g/mol. The first kappa shape index (κ1) is 17.6. The van der Waals surface area contributed by atoms with E-state index in [0.717, 1.165) is 10.9 Å². The van der Waals surface area contributed by atoms with Crippen LogP contribution in [0, 0.1) is 17.3 Å². The summed E-state index contributed by atoms with van der Waals surface area (Å²) in [7, 11) is 0. The van der Waals surface area contributed by atoms with Crippen molar-refractivity contribution in [2.45, 2.75) is 25.8 Å². The van der Waals surface area contributed by atoms with Crippen molar-refractivity contribution in [3.05, 3.63) is 29.1 Å². The van der Waals surface area contributed by atoms with Crippen molar-refractivity contribution in [3.63, 3.8) is 0 Å². The van der Waals surface area contributed by atoms with Gasteiger partial charge in [0.25, 0.3) is 5.91 Å². The third kappa shape index (κ3) is 2.62. The number of piperidine rings is 1. The first-order valence-corrected chi connectivity index (χ1v) is 10.5. The van der Waals surface area contributed by atoms with E-state index < -0.39 is 5.41 Å². The minimum absolute atomic E-state index is 0.0896. The number of aromatic nitrogens is 1. The number of amides is 2. The molecule has 28 heavy (non-hydrogen) atoms. The molecule has 2 heterocycles. The van der Waals surface area contributed by atoms with Crippen LogP contribution in [-0.4, -0.2) is 52.8 Å². The molecule has 1 aromatic heterocycles. The number of fused-ring (bicyclic) bond motifs is 2. The summed E-state index contributed by atoms with van der Waals surface area (Å²) >= 11 is 1.34. The normalized spacial score (nSPS) is 26.6. The fourth-order valence-electron chi connectivity index (χ4n) is 4.43. The van der Waals surface area contributed by atoms with Crippen molar-refractivity contribution in [2.75, 3.05) is 19.7 Å². The second-order valence-electron chi connectivity index (χ2n) is 7.89. The number of rotatable bonds is 5. The minimum Gasteiger partial charge on any atom is -0.465 e. The van der Waals surface area contributed by atoms with E-state index in [9.17, 15) is 14.4 Å². The number of nitrogens with one attached hydrogen (secondary N) is 1. The lowest BCUT2D eigenvalue weighted by atomic mass is 10.1. The number of likely N-dealkylation sites (tertiary alicyclic amines) is 1. The molecule has 1 saturated heterocycles. The molecule has 8 heteroatoms. The molecule has 7 nitrogen and oxygen atoms in total. The van der Waals surface area contributed by atoms with Crippen molar-refractivity contribution < 1.29 is 19.1 Å². The molecule has 1 unspecified atom stereocenters. The van der Waals surface area contributed by atoms with Gasteiger partial charge < -0.3 is 15.0 Å². The first-order valence-electron chi connectivity index (χ1n) is 9.66. The number of benzene rings is 1. The van der Waals surface area contributed by atoms with Crippen molar-refractivity contribution in [1.82, 2.24) is 14.6 Å². The van der Waals surface area contributed by atoms with Gasteiger partial charge in [0.15, 0.2) is 0 Å². The van der Waals surface area contributed by atoms with Gasteiger partial charge in [-0.25, -0.2) is 0 Å². The van der Waals surface area contributed by atoms with Gasteiger partial charge >= 0.3 is 5.97 Å². The van der Waals surface area contributed by atoms with E-state index in [2.05, 4.69) is 9.69 Å². The lowest BCUT2D eigenvalue weighted by Gasteiger charge is -2.24.